The van der Waals surface area contributed by atoms with Crippen LogP contribution in [0.15, 0.2) is 77.7 Å². The van der Waals surface area contributed by atoms with Gasteiger partial charge in [-0.3, -0.25) is 13.9 Å². The van der Waals surface area contributed by atoms with Crippen molar-refractivity contribution >= 4 is 39.1 Å². The summed E-state index contributed by atoms with van der Waals surface area (Å²) in [5, 5.41) is 3.67. The molecule has 7 nitrogen and oxygen atoms in total. The molecule has 0 radical (unpaired) electrons. The molecule has 2 amide bonds. The van der Waals surface area contributed by atoms with Gasteiger partial charge >= 0.3 is 0 Å². The largest absolute Gasteiger partial charge is 0.352 e. The van der Waals surface area contributed by atoms with Crippen molar-refractivity contribution in [3.8, 4) is 0 Å². The maximum Gasteiger partial charge on any atom is 0.264 e. The van der Waals surface area contributed by atoms with E-state index in [9.17, 15) is 22.4 Å². The number of nitrogens with one attached hydrogen (secondary N) is 1. The standard InChI is InChI=1S/C32H37ClFN3O4S/c1-3-30(32(39)35-27-7-5-4-6-8-27)36(21-24-11-13-25(33)14-12-24)31(38)22-37(28-17-9-23(2)10-18-28)42(40,41)29-19-15-26(34)16-20-29/h9-20,27,30H,3-8,21-22H2,1-2H3,(H,35,39)/t30-/m0/s1. The fraction of sp³-hybridized carbons (Fsp3) is 0.375. The van der Waals surface area contributed by atoms with E-state index in [1.165, 1.54) is 17.0 Å². The molecule has 3 aromatic rings. The van der Waals surface area contributed by atoms with E-state index in [2.05, 4.69) is 5.32 Å². The first kappa shape index (κ1) is 31.5. The smallest absolute Gasteiger partial charge is 0.264 e. The first-order valence-corrected chi connectivity index (χ1v) is 16.1. The number of carbonyl (C=O) groups excluding carboxylic acids is 2. The number of carbonyl (C=O) groups is 2. The summed E-state index contributed by atoms with van der Waals surface area (Å²) >= 11 is 6.08. The zero-order chi connectivity index (χ0) is 30.3. The summed E-state index contributed by atoms with van der Waals surface area (Å²) in [5.74, 6) is -1.37. The van der Waals surface area contributed by atoms with Crippen LogP contribution in [0.2, 0.25) is 5.02 Å². The van der Waals surface area contributed by atoms with Gasteiger partial charge in [-0.1, -0.05) is 67.6 Å². The molecule has 0 unspecified atom stereocenters. The topological polar surface area (TPSA) is 86.8 Å². The molecule has 1 fully saturated rings. The minimum Gasteiger partial charge on any atom is -0.352 e. The predicted octanol–water partition coefficient (Wildman–Crippen LogP) is 6.24. The van der Waals surface area contributed by atoms with Gasteiger partial charge in [0.25, 0.3) is 10.0 Å². The van der Waals surface area contributed by atoms with Crippen LogP contribution in [-0.2, 0) is 26.2 Å². The number of halogens is 2. The highest BCUT2D eigenvalue weighted by Crippen LogP contribution is 2.26. The van der Waals surface area contributed by atoms with Crippen LogP contribution in [0.4, 0.5) is 10.1 Å². The SMILES string of the molecule is CC[C@@H](C(=O)NC1CCCCC1)N(Cc1ccc(Cl)cc1)C(=O)CN(c1ccc(C)cc1)S(=O)(=O)c1ccc(F)cc1. The van der Waals surface area contributed by atoms with Crippen LogP contribution in [0.1, 0.15) is 56.6 Å². The van der Waals surface area contributed by atoms with Gasteiger partial charge in [-0.05, 0) is 80.3 Å². The molecule has 0 aromatic heterocycles. The highest BCUT2D eigenvalue weighted by molar-refractivity contribution is 7.92. The van der Waals surface area contributed by atoms with Gasteiger partial charge in [-0.15, -0.1) is 0 Å². The molecule has 1 aliphatic rings. The molecule has 3 aromatic carbocycles. The fourth-order valence-corrected chi connectivity index (χ4v) is 6.76. The third kappa shape index (κ3) is 7.89. The zero-order valence-electron chi connectivity index (χ0n) is 23.9. The van der Waals surface area contributed by atoms with Crippen molar-refractivity contribution in [2.75, 3.05) is 10.8 Å². The van der Waals surface area contributed by atoms with E-state index in [-0.39, 0.29) is 29.1 Å². The van der Waals surface area contributed by atoms with Crippen LogP contribution in [0.5, 0.6) is 0 Å². The highest BCUT2D eigenvalue weighted by Gasteiger charge is 2.34. The van der Waals surface area contributed by atoms with Crippen molar-refractivity contribution in [3.05, 3.63) is 94.8 Å². The number of amides is 2. The summed E-state index contributed by atoms with van der Waals surface area (Å²) < 4.78 is 42.4. The number of aryl methyl sites for hydroxylation is 1. The Labute approximate surface area is 252 Å². The molecular formula is C32H37ClFN3O4S. The Kier molecular flexibility index (Phi) is 10.6. The van der Waals surface area contributed by atoms with Crippen molar-refractivity contribution in [2.45, 2.75) is 75.9 Å². The molecule has 0 aliphatic heterocycles. The van der Waals surface area contributed by atoms with E-state index in [4.69, 9.17) is 11.6 Å². The molecule has 4 rings (SSSR count). The second-order valence-electron chi connectivity index (χ2n) is 10.7. The number of nitrogens with zero attached hydrogens (tertiary/aromatic N) is 2. The molecule has 0 bridgehead atoms. The minimum absolute atomic E-state index is 0.0516. The van der Waals surface area contributed by atoms with Gasteiger partial charge in [0.1, 0.15) is 18.4 Å². The van der Waals surface area contributed by atoms with E-state index >= 15 is 0 Å². The molecule has 42 heavy (non-hydrogen) atoms. The van der Waals surface area contributed by atoms with Gasteiger partial charge in [0.15, 0.2) is 0 Å². The second-order valence-corrected chi connectivity index (χ2v) is 13.0. The second kappa shape index (κ2) is 14.2. The molecular weight excluding hydrogens is 577 g/mol. The maximum atomic E-state index is 14.1. The number of rotatable bonds is 11. The maximum absolute atomic E-state index is 14.1. The number of hydrogen-bond donors (Lipinski definition) is 1. The first-order chi connectivity index (χ1) is 20.1. The van der Waals surface area contributed by atoms with Crippen molar-refractivity contribution in [3.63, 3.8) is 0 Å². The number of benzene rings is 3. The number of anilines is 1. The zero-order valence-corrected chi connectivity index (χ0v) is 25.5. The average Bonchev–Trinajstić information content (AvgIpc) is 2.98. The molecule has 0 saturated heterocycles. The fourth-order valence-electron chi connectivity index (χ4n) is 5.22. The number of hydrogen-bond acceptors (Lipinski definition) is 4. The monoisotopic (exact) mass is 613 g/mol. The molecule has 0 heterocycles. The molecule has 0 spiro atoms. The van der Waals surface area contributed by atoms with E-state index < -0.39 is 34.3 Å². The summed E-state index contributed by atoms with van der Waals surface area (Å²) in [6.07, 6.45) is 5.36. The lowest BCUT2D eigenvalue weighted by molar-refractivity contribution is -0.140. The van der Waals surface area contributed by atoms with Crippen molar-refractivity contribution in [1.29, 1.82) is 0 Å². The van der Waals surface area contributed by atoms with Gasteiger partial charge in [-0.2, -0.15) is 0 Å². The summed E-state index contributed by atoms with van der Waals surface area (Å²) in [6.45, 7) is 3.24. The summed E-state index contributed by atoms with van der Waals surface area (Å²) in [6, 6.07) is 17.5. The van der Waals surface area contributed by atoms with E-state index in [0.717, 1.165) is 59.7 Å². The Morgan fingerprint density at radius 1 is 0.952 bits per heavy atom. The summed E-state index contributed by atoms with van der Waals surface area (Å²) in [5.41, 5.74) is 1.95. The van der Waals surface area contributed by atoms with Crippen LogP contribution in [0.25, 0.3) is 0 Å². The quantitative estimate of drug-likeness (QED) is 0.277. The first-order valence-electron chi connectivity index (χ1n) is 14.3. The third-order valence-corrected chi connectivity index (χ3v) is 9.65. The average molecular weight is 614 g/mol. The minimum atomic E-state index is -4.26. The van der Waals surface area contributed by atoms with Crippen LogP contribution in [0.3, 0.4) is 0 Å². The molecule has 224 valence electrons. The third-order valence-electron chi connectivity index (χ3n) is 7.61. The van der Waals surface area contributed by atoms with Gasteiger partial charge in [0, 0.05) is 17.6 Å². The summed E-state index contributed by atoms with van der Waals surface area (Å²) in [4.78, 5) is 29.0. The van der Waals surface area contributed by atoms with Crippen molar-refractivity contribution in [1.82, 2.24) is 10.2 Å². The van der Waals surface area contributed by atoms with E-state index in [1.54, 1.807) is 48.5 Å². The van der Waals surface area contributed by atoms with Gasteiger partial charge in [0.2, 0.25) is 11.8 Å². The molecule has 1 aliphatic carbocycles. The normalized spacial score (nSPS) is 14.7. The molecule has 10 heteroatoms. The lowest BCUT2D eigenvalue weighted by atomic mass is 9.95. The highest BCUT2D eigenvalue weighted by atomic mass is 35.5. The summed E-state index contributed by atoms with van der Waals surface area (Å²) in [7, 11) is -4.26. The van der Waals surface area contributed by atoms with Crippen LogP contribution in [0, 0.1) is 12.7 Å². The number of sulfonamides is 1. The lowest BCUT2D eigenvalue weighted by Crippen LogP contribution is -2.54. The molecule has 1 N–H and O–H groups in total. The van der Waals surface area contributed by atoms with E-state index in [1.807, 2.05) is 13.8 Å². The van der Waals surface area contributed by atoms with Crippen LogP contribution < -0.4 is 9.62 Å². The van der Waals surface area contributed by atoms with Crippen LogP contribution in [-0.4, -0.2) is 43.8 Å². The Hall–Kier alpha value is -3.43. The molecule has 1 atom stereocenters. The van der Waals surface area contributed by atoms with Gasteiger partial charge < -0.3 is 10.2 Å². The Bertz CT molecular complexity index is 1460. The van der Waals surface area contributed by atoms with E-state index in [0.29, 0.717) is 11.4 Å². The Balaban J connectivity index is 1.69. The predicted molar refractivity (Wildman–Crippen MR) is 163 cm³/mol. The van der Waals surface area contributed by atoms with Crippen molar-refractivity contribution < 1.29 is 22.4 Å². The van der Waals surface area contributed by atoms with Crippen molar-refractivity contribution in [2.24, 2.45) is 0 Å². The Morgan fingerprint density at radius 2 is 1.57 bits per heavy atom. The van der Waals surface area contributed by atoms with Gasteiger partial charge in [0.05, 0.1) is 10.6 Å². The van der Waals surface area contributed by atoms with Gasteiger partial charge in [-0.25, -0.2) is 12.8 Å². The lowest BCUT2D eigenvalue weighted by Gasteiger charge is -2.34. The van der Waals surface area contributed by atoms with Crippen LogP contribution >= 0.6 is 11.6 Å². The Morgan fingerprint density at radius 3 is 2.17 bits per heavy atom. The molecule has 1 saturated carbocycles.